The van der Waals surface area contributed by atoms with Gasteiger partial charge in [0.25, 0.3) is 0 Å². The van der Waals surface area contributed by atoms with Gasteiger partial charge in [-0.2, -0.15) is 0 Å². The number of hydrogen-bond donors (Lipinski definition) is 0. The van der Waals surface area contributed by atoms with Crippen LogP contribution in [0.2, 0.25) is 23.5 Å². The van der Waals surface area contributed by atoms with Gasteiger partial charge in [-0.15, -0.1) is 0 Å². The van der Waals surface area contributed by atoms with Crippen LogP contribution in [0.1, 0.15) is 25.5 Å². The second-order valence-electron chi connectivity index (χ2n) is 7.44. The van der Waals surface area contributed by atoms with Crippen molar-refractivity contribution in [2.45, 2.75) is 49.5 Å². The maximum absolute atomic E-state index is 6.44. The van der Waals surface area contributed by atoms with Crippen LogP contribution in [0.25, 0.3) is 0 Å². The summed E-state index contributed by atoms with van der Waals surface area (Å²) in [5.41, 5.74) is 1.84. The minimum absolute atomic E-state index is 0.189. The van der Waals surface area contributed by atoms with Crippen LogP contribution in [0.3, 0.4) is 0 Å². The van der Waals surface area contributed by atoms with Crippen molar-refractivity contribution in [2.75, 3.05) is 6.61 Å². The van der Waals surface area contributed by atoms with Crippen LogP contribution in [0.4, 0.5) is 0 Å². The molecule has 1 heterocycles. The topological polar surface area (TPSA) is 18.5 Å². The molecule has 1 aliphatic rings. The van der Waals surface area contributed by atoms with Gasteiger partial charge in [-0.05, 0) is 0 Å². The molecule has 134 valence electrons. The molecular formula is C21H28O2SeSi. The molecule has 1 saturated heterocycles. The molecule has 2 nitrogen and oxygen atoms in total. The Kier molecular flexibility index (Phi) is 6.19. The standard InChI is InChI=1S/C21H28O2SeSi/c1-16(2)23-25(3,4)19-15-22-20(17-11-7-5-8-12-17)21(19)24-18-13-9-6-10-14-18/h5-14,16,19-21H,15H2,1-4H3/t19-,20-,21+/m0/s1. The van der Waals surface area contributed by atoms with E-state index >= 15 is 0 Å². The average molecular weight is 419 g/mol. The van der Waals surface area contributed by atoms with E-state index in [1.165, 1.54) is 10.0 Å². The first kappa shape index (κ1) is 18.9. The molecule has 0 unspecified atom stereocenters. The third-order valence-electron chi connectivity index (χ3n) is 4.73. The molecule has 0 aliphatic carbocycles. The summed E-state index contributed by atoms with van der Waals surface area (Å²) in [6.45, 7) is 9.85. The SMILES string of the molecule is CC(C)O[Si](C)(C)[C@H]1CO[C@@H](c2ccccc2)[C@@H]1[Se]c1ccccc1. The van der Waals surface area contributed by atoms with E-state index < -0.39 is 8.32 Å². The normalized spacial score (nSPS) is 24.0. The first-order valence-corrected chi connectivity index (χ1v) is 13.9. The molecule has 0 saturated carbocycles. The van der Waals surface area contributed by atoms with Crippen molar-refractivity contribution in [3.63, 3.8) is 0 Å². The van der Waals surface area contributed by atoms with E-state index in [0.717, 1.165) is 6.61 Å². The summed E-state index contributed by atoms with van der Waals surface area (Å²) in [5.74, 6) is 0. The summed E-state index contributed by atoms with van der Waals surface area (Å²) in [7, 11) is -1.83. The van der Waals surface area contributed by atoms with Gasteiger partial charge in [0.05, 0.1) is 0 Å². The Morgan fingerprint density at radius 3 is 2.20 bits per heavy atom. The Labute approximate surface area is 159 Å². The fourth-order valence-electron chi connectivity index (χ4n) is 3.63. The van der Waals surface area contributed by atoms with Gasteiger partial charge in [-0.3, -0.25) is 0 Å². The zero-order chi connectivity index (χ0) is 17.9. The van der Waals surface area contributed by atoms with Gasteiger partial charge in [0.2, 0.25) is 0 Å². The molecule has 3 rings (SSSR count). The van der Waals surface area contributed by atoms with Gasteiger partial charge in [0, 0.05) is 0 Å². The summed E-state index contributed by atoms with van der Waals surface area (Å²) in [6.07, 6.45) is 0.469. The van der Waals surface area contributed by atoms with Gasteiger partial charge < -0.3 is 0 Å². The Bertz CT molecular complexity index is 660. The molecule has 0 amide bonds. The molecule has 0 spiro atoms. The molecule has 0 radical (unpaired) electrons. The van der Waals surface area contributed by atoms with Gasteiger partial charge in [0.1, 0.15) is 0 Å². The van der Waals surface area contributed by atoms with E-state index in [4.69, 9.17) is 9.16 Å². The third-order valence-corrected chi connectivity index (χ3v) is 11.6. The molecule has 4 heteroatoms. The minimum atomic E-state index is -1.83. The van der Waals surface area contributed by atoms with Gasteiger partial charge in [-0.25, -0.2) is 0 Å². The molecule has 1 fully saturated rings. The van der Waals surface area contributed by atoms with Gasteiger partial charge in [0.15, 0.2) is 0 Å². The molecule has 0 bridgehead atoms. The number of hydrogen-bond acceptors (Lipinski definition) is 2. The molecule has 2 aromatic carbocycles. The summed E-state index contributed by atoms with van der Waals surface area (Å²) in [6, 6.07) is 21.6. The van der Waals surface area contributed by atoms with Crippen LogP contribution in [0.15, 0.2) is 60.7 Å². The van der Waals surface area contributed by atoms with Crippen molar-refractivity contribution in [2.24, 2.45) is 0 Å². The van der Waals surface area contributed by atoms with E-state index in [9.17, 15) is 0 Å². The van der Waals surface area contributed by atoms with E-state index in [0.29, 0.717) is 25.3 Å². The molecule has 1 aliphatic heterocycles. The van der Waals surface area contributed by atoms with E-state index in [1.807, 2.05) is 0 Å². The monoisotopic (exact) mass is 420 g/mol. The van der Waals surface area contributed by atoms with Crippen molar-refractivity contribution in [3.05, 3.63) is 66.2 Å². The predicted octanol–water partition coefficient (Wildman–Crippen LogP) is 4.58. The van der Waals surface area contributed by atoms with Crippen molar-refractivity contribution in [1.29, 1.82) is 0 Å². The van der Waals surface area contributed by atoms with Crippen molar-refractivity contribution in [3.8, 4) is 0 Å². The molecule has 0 aromatic heterocycles. The summed E-state index contributed by atoms with van der Waals surface area (Å²) >= 11 is 0.369. The molecule has 0 N–H and O–H groups in total. The quantitative estimate of drug-likeness (QED) is 0.639. The Morgan fingerprint density at radius 1 is 1.00 bits per heavy atom. The summed E-state index contributed by atoms with van der Waals surface area (Å²) in [5, 5.41) is 0. The third kappa shape index (κ3) is 4.63. The van der Waals surface area contributed by atoms with Crippen LogP contribution in [0.5, 0.6) is 0 Å². The van der Waals surface area contributed by atoms with Crippen LogP contribution in [-0.4, -0.2) is 36.0 Å². The van der Waals surface area contributed by atoms with Crippen LogP contribution >= 0.6 is 0 Å². The number of rotatable bonds is 6. The van der Waals surface area contributed by atoms with Crippen LogP contribution in [0, 0.1) is 0 Å². The molecule has 2 aromatic rings. The zero-order valence-electron chi connectivity index (χ0n) is 15.5. The second-order valence-corrected chi connectivity index (χ2v) is 14.2. The average Bonchev–Trinajstić information content (AvgIpc) is 3.00. The predicted molar refractivity (Wildman–Crippen MR) is 108 cm³/mol. The zero-order valence-corrected chi connectivity index (χ0v) is 18.2. The Hall–Kier alpha value is -0.904. The van der Waals surface area contributed by atoms with Gasteiger partial charge >= 0.3 is 159 Å². The van der Waals surface area contributed by atoms with E-state index in [2.05, 4.69) is 87.6 Å². The van der Waals surface area contributed by atoms with Crippen molar-refractivity contribution < 1.29 is 9.16 Å². The Balaban J connectivity index is 1.89. The first-order valence-electron chi connectivity index (χ1n) is 9.03. The van der Waals surface area contributed by atoms with Crippen molar-refractivity contribution >= 4 is 27.7 Å². The van der Waals surface area contributed by atoms with Crippen molar-refractivity contribution in [1.82, 2.24) is 0 Å². The maximum atomic E-state index is 6.44. The van der Waals surface area contributed by atoms with Crippen LogP contribution in [-0.2, 0) is 9.16 Å². The number of benzene rings is 2. The first-order chi connectivity index (χ1) is 12.0. The van der Waals surface area contributed by atoms with Gasteiger partial charge in [-0.1, -0.05) is 0 Å². The summed E-state index contributed by atoms with van der Waals surface area (Å²) in [4.78, 5) is 0.526. The summed E-state index contributed by atoms with van der Waals surface area (Å²) < 4.78 is 14.3. The fraction of sp³-hybridized carbons (Fsp3) is 0.429. The van der Waals surface area contributed by atoms with E-state index in [-0.39, 0.29) is 12.2 Å². The molecule has 25 heavy (non-hydrogen) atoms. The van der Waals surface area contributed by atoms with E-state index in [1.54, 1.807) is 0 Å². The van der Waals surface area contributed by atoms with Crippen LogP contribution < -0.4 is 4.46 Å². The number of ether oxygens (including phenoxy) is 1. The molecular weight excluding hydrogens is 391 g/mol. The second kappa shape index (κ2) is 8.19. The molecule has 3 atom stereocenters. The fourth-order valence-corrected chi connectivity index (χ4v) is 11.5. The Morgan fingerprint density at radius 2 is 1.60 bits per heavy atom.